The van der Waals surface area contributed by atoms with Crippen molar-refractivity contribution in [1.82, 2.24) is 4.90 Å². The molecule has 8 heteroatoms. The number of amidine groups is 1. The second-order valence-corrected chi connectivity index (χ2v) is 9.05. The van der Waals surface area contributed by atoms with Crippen LogP contribution in [-0.2, 0) is 19.6 Å². The minimum Gasteiger partial charge on any atom is -0.341 e. The highest BCUT2D eigenvalue weighted by Gasteiger charge is 2.51. The molecule has 1 aromatic carbocycles. The molecule has 2 atom stereocenters. The number of benzene rings is 1. The van der Waals surface area contributed by atoms with Crippen LogP contribution in [0.1, 0.15) is 27.7 Å². The Morgan fingerprint density at radius 2 is 1.81 bits per heavy atom. The van der Waals surface area contributed by atoms with E-state index >= 15 is 0 Å². The number of para-hydroxylation sites is 1. The number of carbonyl (C=O) groups is 2. The molecule has 0 radical (unpaired) electrons. The van der Waals surface area contributed by atoms with Crippen molar-refractivity contribution < 1.29 is 18.0 Å². The first-order valence-corrected chi connectivity index (χ1v) is 10.1. The third-order valence-corrected chi connectivity index (χ3v) is 5.90. The van der Waals surface area contributed by atoms with Crippen molar-refractivity contribution in [2.24, 2.45) is 22.2 Å². The third-order valence-electron chi connectivity index (χ3n) is 4.55. The minimum absolute atomic E-state index is 0.0427. The number of nitrogens with zero attached hydrogens (tertiary/aromatic N) is 2. The Kier molecular flexibility index (Phi) is 4.64. The lowest BCUT2D eigenvalue weighted by molar-refractivity contribution is -0.131. The molecule has 0 saturated carbocycles. The minimum atomic E-state index is -3.95. The van der Waals surface area contributed by atoms with Gasteiger partial charge in [-0.15, -0.1) is 4.40 Å². The van der Waals surface area contributed by atoms with Crippen molar-refractivity contribution in [2.75, 3.05) is 11.9 Å². The molecule has 2 aliphatic heterocycles. The van der Waals surface area contributed by atoms with E-state index in [2.05, 4.69) is 9.71 Å². The quantitative estimate of drug-likeness (QED) is 0.809. The third kappa shape index (κ3) is 3.02. The Hall–Kier alpha value is -2.22. The van der Waals surface area contributed by atoms with Crippen molar-refractivity contribution in [2.45, 2.75) is 38.6 Å². The summed E-state index contributed by atoms with van der Waals surface area (Å²) in [4.78, 5) is 27.6. The van der Waals surface area contributed by atoms with Crippen molar-refractivity contribution in [3.63, 3.8) is 0 Å². The second-order valence-electron chi connectivity index (χ2n) is 7.48. The molecule has 2 heterocycles. The smallest absolute Gasteiger partial charge is 0.286 e. The zero-order valence-corrected chi connectivity index (χ0v) is 16.1. The van der Waals surface area contributed by atoms with Crippen molar-refractivity contribution in [1.29, 1.82) is 0 Å². The maximum atomic E-state index is 13.0. The number of hydrogen-bond donors (Lipinski definition) is 1. The average molecular weight is 377 g/mol. The van der Waals surface area contributed by atoms with Gasteiger partial charge >= 0.3 is 0 Å². The standard InChI is InChI=1S/C18H23N3O4S/c1-10(2)9-21-15(11(3)4)16(22)14(18(21)23)17-19-12-7-5-6-8-13(12)26(24,25)20-17/h5-8,10-11,14-15H,9H2,1-4H3,(H,19,20)/t14?,15-/m0/s1. The Labute approximate surface area is 153 Å². The Balaban J connectivity index is 2.03. The lowest BCUT2D eigenvalue weighted by atomic mass is 9.94. The lowest BCUT2D eigenvalue weighted by Gasteiger charge is -2.27. The zero-order chi connectivity index (χ0) is 19.2. The maximum absolute atomic E-state index is 13.0. The summed E-state index contributed by atoms with van der Waals surface area (Å²) in [6, 6.07) is 5.75. The van der Waals surface area contributed by atoms with E-state index in [9.17, 15) is 18.0 Å². The highest BCUT2D eigenvalue weighted by atomic mass is 32.2. The number of Topliss-reactive ketones (excluding diaryl/α,β-unsaturated/α-hetero) is 1. The molecule has 140 valence electrons. The number of rotatable bonds is 4. The molecule has 1 aromatic rings. The van der Waals surface area contributed by atoms with Gasteiger partial charge in [0.2, 0.25) is 5.91 Å². The van der Waals surface area contributed by atoms with Gasteiger partial charge in [0.25, 0.3) is 10.0 Å². The van der Waals surface area contributed by atoms with Crippen LogP contribution in [0.25, 0.3) is 0 Å². The number of carbonyl (C=O) groups excluding carboxylic acids is 2. The maximum Gasteiger partial charge on any atom is 0.286 e. The molecule has 1 N–H and O–H groups in total. The fourth-order valence-corrected chi connectivity index (χ4v) is 4.70. The molecule has 1 unspecified atom stereocenters. The number of ketones is 1. The van der Waals surface area contributed by atoms with Gasteiger partial charge in [0.05, 0.1) is 11.7 Å². The van der Waals surface area contributed by atoms with Gasteiger partial charge in [0, 0.05) is 6.54 Å². The van der Waals surface area contributed by atoms with Gasteiger partial charge in [-0.3, -0.25) is 9.59 Å². The number of sulfonamides is 1. The summed E-state index contributed by atoms with van der Waals surface area (Å²) in [7, 11) is -3.95. The first-order valence-electron chi connectivity index (χ1n) is 8.68. The van der Waals surface area contributed by atoms with E-state index in [4.69, 9.17) is 0 Å². The molecule has 1 amide bonds. The molecule has 0 aliphatic carbocycles. The summed E-state index contributed by atoms with van der Waals surface area (Å²) in [5.74, 6) is -1.87. The van der Waals surface area contributed by atoms with Gasteiger partial charge < -0.3 is 10.2 Å². The van der Waals surface area contributed by atoms with E-state index in [0.29, 0.717) is 12.2 Å². The van der Waals surface area contributed by atoms with E-state index in [-0.39, 0.29) is 34.3 Å². The Morgan fingerprint density at radius 1 is 1.15 bits per heavy atom. The molecular formula is C18H23N3O4S. The molecule has 0 bridgehead atoms. The molecule has 0 aromatic heterocycles. The van der Waals surface area contributed by atoms with Crippen LogP contribution < -0.4 is 5.32 Å². The molecule has 0 spiro atoms. The van der Waals surface area contributed by atoms with Crippen LogP contribution in [0.4, 0.5) is 5.69 Å². The van der Waals surface area contributed by atoms with Crippen molar-refractivity contribution >= 4 is 33.2 Å². The summed E-state index contributed by atoms with van der Waals surface area (Å²) >= 11 is 0. The highest BCUT2D eigenvalue weighted by Crippen LogP contribution is 2.33. The lowest BCUT2D eigenvalue weighted by Crippen LogP contribution is -2.41. The van der Waals surface area contributed by atoms with Crippen molar-refractivity contribution in [3.05, 3.63) is 24.3 Å². The molecule has 3 rings (SSSR count). The van der Waals surface area contributed by atoms with E-state index < -0.39 is 22.0 Å². The molecule has 1 saturated heterocycles. The summed E-state index contributed by atoms with van der Waals surface area (Å²) < 4.78 is 28.7. The van der Waals surface area contributed by atoms with Gasteiger partial charge in [0.1, 0.15) is 10.7 Å². The fraction of sp³-hybridized carbons (Fsp3) is 0.500. The van der Waals surface area contributed by atoms with Crippen LogP contribution >= 0.6 is 0 Å². The number of anilines is 1. The normalized spacial score (nSPS) is 24.7. The number of hydrogen-bond acceptors (Lipinski definition) is 5. The van der Waals surface area contributed by atoms with E-state index in [0.717, 1.165) is 0 Å². The number of fused-ring (bicyclic) bond motifs is 1. The van der Waals surface area contributed by atoms with E-state index in [1.807, 2.05) is 27.7 Å². The summed E-state index contributed by atoms with van der Waals surface area (Å²) in [5.41, 5.74) is 0.335. The Morgan fingerprint density at radius 3 is 2.42 bits per heavy atom. The zero-order valence-electron chi connectivity index (χ0n) is 15.3. The van der Waals surface area contributed by atoms with Gasteiger partial charge in [-0.25, -0.2) is 0 Å². The fourth-order valence-electron chi connectivity index (χ4n) is 3.55. The summed E-state index contributed by atoms with van der Waals surface area (Å²) in [6.07, 6.45) is 0. The van der Waals surface area contributed by atoms with Crippen LogP contribution in [0.3, 0.4) is 0 Å². The molecule has 7 nitrogen and oxygen atoms in total. The Bertz CT molecular complexity index is 889. The first kappa shape index (κ1) is 18.6. The van der Waals surface area contributed by atoms with Crippen molar-refractivity contribution in [3.8, 4) is 0 Å². The monoisotopic (exact) mass is 377 g/mol. The summed E-state index contributed by atoms with van der Waals surface area (Å²) in [6.45, 7) is 8.15. The van der Waals surface area contributed by atoms with Crippen LogP contribution in [0.2, 0.25) is 0 Å². The average Bonchev–Trinajstić information content (AvgIpc) is 2.76. The predicted octanol–water partition coefficient (Wildman–Crippen LogP) is 1.91. The van der Waals surface area contributed by atoms with Crippen LogP contribution in [0, 0.1) is 17.8 Å². The van der Waals surface area contributed by atoms with E-state index in [1.54, 1.807) is 23.1 Å². The molecule has 1 fully saturated rings. The van der Waals surface area contributed by atoms with Gasteiger partial charge in [-0.1, -0.05) is 39.8 Å². The first-order chi connectivity index (χ1) is 12.1. The second kappa shape index (κ2) is 6.50. The molecule has 2 aliphatic rings. The van der Waals surface area contributed by atoms with Gasteiger partial charge in [-0.05, 0) is 24.0 Å². The van der Waals surface area contributed by atoms with Crippen LogP contribution in [0.15, 0.2) is 33.6 Å². The number of likely N-dealkylation sites (tertiary alicyclic amines) is 1. The topological polar surface area (TPSA) is 95.9 Å². The predicted molar refractivity (Wildman–Crippen MR) is 98.4 cm³/mol. The summed E-state index contributed by atoms with van der Waals surface area (Å²) in [5, 5.41) is 2.89. The van der Waals surface area contributed by atoms with E-state index in [1.165, 1.54) is 6.07 Å². The SMILES string of the molecule is CC(C)CN1C(=O)C(C2=NS(=O)(=O)c3ccccc3N2)C(=O)[C@@H]1C(C)C. The number of nitrogens with one attached hydrogen (secondary N) is 1. The van der Waals surface area contributed by atoms with Gasteiger partial charge in [0.15, 0.2) is 11.7 Å². The molecular weight excluding hydrogens is 354 g/mol. The molecule has 26 heavy (non-hydrogen) atoms. The largest absolute Gasteiger partial charge is 0.341 e. The van der Waals surface area contributed by atoms with Crippen LogP contribution in [-0.4, -0.2) is 43.4 Å². The van der Waals surface area contributed by atoms with Gasteiger partial charge in [-0.2, -0.15) is 8.42 Å². The van der Waals surface area contributed by atoms with Crippen LogP contribution in [0.5, 0.6) is 0 Å². The highest BCUT2D eigenvalue weighted by molar-refractivity contribution is 7.90. The number of amides is 1.